The number of likely N-dealkylation sites (tertiary alicyclic amines) is 1. The van der Waals surface area contributed by atoms with Crippen LogP contribution in [0.4, 0.5) is 0 Å². The zero-order chi connectivity index (χ0) is 13.1. The smallest absolute Gasteiger partial charge is 0.229 e. The number of piperidine rings is 2. The van der Waals surface area contributed by atoms with Crippen LogP contribution in [0.25, 0.3) is 0 Å². The van der Waals surface area contributed by atoms with Crippen LogP contribution in [0.3, 0.4) is 0 Å². The van der Waals surface area contributed by atoms with E-state index in [1.54, 1.807) is 4.90 Å². The van der Waals surface area contributed by atoms with Crippen LogP contribution >= 0.6 is 0 Å². The predicted octanol–water partition coefficient (Wildman–Crippen LogP) is 1.55. The molecule has 0 aromatic carbocycles. The van der Waals surface area contributed by atoms with Crippen LogP contribution in [0.1, 0.15) is 46.0 Å². The number of imide groups is 1. The molecule has 18 heavy (non-hydrogen) atoms. The molecule has 102 valence electrons. The largest absolute Gasteiger partial charge is 0.315 e. The highest BCUT2D eigenvalue weighted by atomic mass is 16.2. The van der Waals surface area contributed by atoms with Crippen LogP contribution in [0.15, 0.2) is 0 Å². The third-order valence-corrected chi connectivity index (χ3v) is 3.90. The third-order valence-electron chi connectivity index (χ3n) is 3.90. The maximum atomic E-state index is 12.2. The van der Waals surface area contributed by atoms with E-state index in [2.05, 4.69) is 19.2 Å². The molecule has 2 rings (SSSR count). The minimum absolute atomic E-state index is 0.0469. The van der Waals surface area contributed by atoms with Crippen molar-refractivity contribution in [3.8, 4) is 0 Å². The normalized spacial score (nSPS) is 27.1. The molecule has 2 aliphatic heterocycles. The Bertz CT molecular complexity index is 304. The second-order valence-corrected chi connectivity index (χ2v) is 6.06. The Hall–Kier alpha value is -0.900. The van der Waals surface area contributed by atoms with E-state index in [1.165, 1.54) is 0 Å². The summed E-state index contributed by atoms with van der Waals surface area (Å²) in [6, 6.07) is 0.0961. The fourth-order valence-electron chi connectivity index (χ4n) is 3.20. The molecular formula is C14H24N2O2. The van der Waals surface area contributed by atoms with Gasteiger partial charge in [-0.15, -0.1) is 0 Å². The maximum Gasteiger partial charge on any atom is 0.229 e. The molecule has 2 amide bonds. The number of rotatable bonds is 3. The molecule has 0 aliphatic carbocycles. The SMILES string of the molecule is CC(C)CC1CC(=O)N(C2CCCNC2)C(=O)C1. The molecule has 2 heterocycles. The molecule has 4 nitrogen and oxygen atoms in total. The lowest BCUT2D eigenvalue weighted by atomic mass is 9.86. The third kappa shape index (κ3) is 3.10. The van der Waals surface area contributed by atoms with Crippen molar-refractivity contribution in [2.24, 2.45) is 11.8 Å². The van der Waals surface area contributed by atoms with Gasteiger partial charge >= 0.3 is 0 Å². The minimum atomic E-state index is 0.0469. The zero-order valence-electron chi connectivity index (χ0n) is 11.4. The molecule has 4 heteroatoms. The zero-order valence-corrected chi connectivity index (χ0v) is 11.4. The summed E-state index contributed by atoms with van der Waals surface area (Å²) in [5.74, 6) is 0.910. The van der Waals surface area contributed by atoms with E-state index in [0.717, 1.165) is 32.4 Å². The van der Waals surface area contributed by atoms with Crippen LogP contribution in [0, 0.1) is 11.8 Å². The Kier molecular flexibility index (Phi) is 4.38. The van der Waals surface area contributed by atoms with Crippen molar-refractivity contribution in [3.63, 3.8) is 0 Å². The summed E-state index contributed by atoms with van der Waals surface area (Å²) in [7, 11) is 0. The highest BCUT2D eigenvalue weighted by Crippen LogP contribution is 2.28. The molecule has 1 N–H and O–H groups in total. The molecule has 1 atom stereocenters. The molecule has 0 aromatic heterocycles. The van der Waals surface area contributed by atoms with Crippen molar-refractivity contribution in [1.29, 1.82) is 0 Å². The highest BCUT2D eigenvalue weighted by Gasteiger charge is 2.37. The van der Waals surface area contributed by atoms with Gasteiger partial charge in [-0.2, -0.15) is 0 Å². The molecule has 2 aliphatic rings. The summed E-state index contributed by atoms with van der Waals surface area (Å²) < 4.78 is 0. The van der Waals surface area contributed by atoms with E-state index in [4.69, 9.17) is 0 Å². The topological polar surface area (TPSA) is 49.4 Å². The van der Waals surface area contributed by atoms with Crippen LogP contribution < -0.4 is 5.32 Å². The molecule has 0 saturated carbocycles. The molecule has 2 saturated heterocycles. The summed E-state index contributed by atoms with van der Waals surface area (Å²) in [6.45, 7) is 6.06. The summed E-state index contributed by atoms with van der Waals surface area (Å²) in [4.78, 5) is 25.9. The number of hydrogen-bond acceptors (Lipinski definition) is 3. The van der Waals surface area contributed by atoms with Gasteiger partial charge in [0.1, 0.15) is 0 Å². The van der Waals surface area contributed by atoms with Gasteiger partial charge in [0.15, 0.2) is 0 Å². The summed E-state index contributed by atoms with van der Waals surface area (Å²) in [6.07, 6.45) is 4.10. The molecule has 0 spiro atoms. The average Bonchev–Trinajstić information content (AvgIpc) is 2.28. The quantitative estimate of drug-likeness (QED) is 0.775. The number of carbonyl (C=O) groups is 2. The Balaban J connectivity index is 1.97. The van der Waals surface area contributed by atoms with Crippen LogP contribution in [-0.4, -0.2) is 35.8 Å². The van der Waals surface area contributed by atoms with Gasteiger partial charge in [-0.25, -0.2) is 0 Å². The number of carbonyl (C=O) groups excluding carboxylic acids is 2. The van der Waals surface area contributed by atoms with E-state index >= 15 is 0 Å². The monoisotopic (exact) mass is 252 g/mol. The molecule has 2 fully saturated rings. The standard InChI is InChI=1S/C14H24N2O2/c1-10(2)6-11-7-13(17)16(14(18)8-11)12-4-3-5-15-9-12/h10-12,15H,3-9H2,1-2H3. The molecular weight excluding hydrogens is 228 g/mol. The molecule has 0 radical (unpaired) electrons. The number of amides is 2. The van der Waals surface area contributed by atoms with Crippen molar-refractivity contribution >= 4 is 11.8 Å². The summed E-state index contributed by atoms with van der Waals surface area (Å²) >= 11 is 0. The first-order valence-corrected chi connectivity index (χ1v) is 7.13. The van der Waals surface area contributed by atoms with Crippen molar-refractivity contribution < 1.29 is 9.59 Å². The van der Waals surface area contributed by atoms with Crippen molar-refractivity contribution in [2.75, 3.05) is 13.1 Å². The van der Waals surface area contributed by atoms with Crippen molar-refractivity contribution in [3.05, 3.63) is 0 Å². The Morgan fingerprint density at radius 3 is 2.44 bits per heavy atom. The summed E-state index contributed by atoms with van der Waals surface area (Å²) in [5, 5.41) is 3.27. The number of nitrogens with one attached hydrogen (secondary N) is 1. The van der Waals surface area contributed by atoms with Gasteiger partial charge < -0.3 is 5.32 Å². The predicted molar refractivity (Wildman–Crippen MR) is 69.9 cm³/mol. The first-order valence-electron chi connectivity index (χ1n) is 7.13. The van der Waals surface area contributed by atoms with E-state index in [1.807, 2.05) is 0 Å². The van der Waals surface area contributed by atoms with Crippen LogP contribution in [0.5, 0.6) is 0 Å². The van der Waals surface area contributed by atoms with Gasteiger partial charge in [0.25, 0.3) is 0 Å². The Morgan fingerprint density at radius 1 is 1.28 bits per heavy atom. The second kappa shape index (κ2) is 5.83. The maximum absolute atomic E-state index is 12.2. The van der Waals surface area contributed by atoms with E-state index in [0.29, 0.717) is 18.8 Å². The number of hydrogen-bond donors (Lipinski definition) is 1. The van der Waals surface area contributed by atoms with Crippen LogP contribution in [-0.2, 0) is 9.59 Å². The minimum Gasteiger partial charge on any atom is -0.315 e. The van der Waals surface area contributed by atoms with Gasteiger partial charge in [-0.1, -0.05) is 13.8 Å². The van der Waals surface area contributed by atoms with Crippen molar-refractivity contribution in [1.82, 2.24) is 10.2 Å². The lowest BCUT2D eigenvalue weighted by Crippen LogP contribution is -2.54. The van der Waals surface area contributed by atoms with Crippen LogP contribution in [0.2, 0.25) is 0 Å². The van der Waals surface area contributed by atoms with E-state index in [9.17, 15) is 9.59 Å². The van der Waals surface area contributed by atoms with E-state index in [-0.39, 0.29) is 23.8 Å². The highest BCUT2D eigenvalue weighted by molar-refractivity contribution is 5.98. The fraction of sp³-hybridized carbons (Fsp3) is 0.857. The van der Waals surface area contributed by atoms with Gasteiger partial charge in [0.05, 0.1) is 6.04 Å². The van der Waals surface area contributed by atoms with Gasteiger partial charge in [-0.05, 0) is 37.6 Å². The second-order valence-electron chi connectivity index (χ2n) is 6.06. The van der Waals surface area contributed by atoms with Gasteiger partial charge in [0.2, 0.25) is 11.8 Å². The average molecular weight is 252 g/mol. The van der Waals surface area contributed by atoms with E-state index < -0.39 is 0 Å². The molecule has 1 unspecified atom stereocenters. The first-order chi connectivity index (χ1) is 8.58. The number of nitrogens with zero attached hydrogens (tertiary/aromatic N) is 1. The summed E-state index contributed by atoms with van der Waals surface area (Å²) in [5.41, 5.74) is 0. The Labute approximate surface area is 109 Å². The van der Waals surface area contributed by atoms with Gasteiger partial charge in [0, 0.05) is 19.4 Å². The Morgan fingerprint density at radius 2 is 1.94 bits per heavy atom. The fourth-order valence-corrected chi connectivity index (χ4v) is 3.20. The lowest BCUT2D eigenvalue weighted by Gasteiger charge is -2.38. The molecule has 0 bridgehead atoms. The lowest BCUT2D eigenvalue weighted by molar-refractivity contribution is -0.153. The van der Waals surface area contributed by atoms with Gasteiger partial charge in [-0.3, -0.25) is 14.5 Å². The molecule has 0 aromatic rings. The van der Waals surface area contributed by atoms with Crippen molar-refractivity contribution in [2.45, 2.75) is 52.0 Å². The first kappa shape index (κ1) is 13.5.